The van der Waals surface area contributed by atoms with Gasteiger partial charge >= 0.3 is 10.5 Å². The molecule has 3 heterocycles. The quantitative estimate of drug-likeness (QED) is 0.185. The highest BCUT2D eigenvalue weighted by molar-refractivity contribution is 7.81. The van der Waals surface area contributed by atoms with Crippen LogP contribution in [0.15, 0.2) is 53.6 Å². The first kappa shape index (κ1) is 24.3. The first-order valence-electron chi connectivity index (χ1n) is 11.5. The van der Waals surface area contributed by atoms with Crippen molar-refractivity contribution < 1.29 is 21.2 Å². The maximum atomic E-state index is 13.7. The summed E-state index contributed by atoms with van der Waals surface area (Å²) in [6.45, 7) is 2.43. The molecule has 0 aliphatic rings. The Balaban J connectivity index is 1.79. The number of nitrogens with one attached hydrogen (secondary N) is 1. The fourth-order valence-corrected chi connectivity index (χ4v) is 4.76. The lowest BCUT2D eigenvalue weighted by Gasteiger charge is -2.15. The predicted molar refractivity (Wildman–Crippen MR) is 141 cm³/mol. The van der Waals surface area contributed by atoms with Crippen LogP contribution >= 0.6 is 0 Å². The van der Waals surface area contributed by atoms with Gasteiger partial charge in [0.1, 0.15) is 11.4 Å². The zero-order chi connectivity index (χ0) is 26.3. The Labute approximate surface area is 212 Å². The molecule has 0 atom stereocenters. The molecule has 1 N–H and O–H groups in total. The minimum atomic E-state index is -5.23. The number of nitrogens with zero attached hydrogens (tertiary/aromatic N) is 2. The van der Waals surface area contributed by atoms with Crippen LogP contribution in [0.5, 0.6) is 11.5 Å². The fraction of sp³-hybridized carbons (Fsp3) is 0.185. The smallest absolute Gasteiger partial charge is 0.488 e. The molecule has 0 aliphatic heterocycles. The number of pyridine rings is 2. The zero-order valence-corrected chi connectivity index (χ0v) is 20.9. The third kappa shape index (κ3) is 4.49. The second-order valence-electron chi connectivity index (χ2n) is 8.59. The molecule has 10 heteroatoms. The van der Waals surface area contributed by atoms with Crippen molar-refractivity contribution in [2.45, 2.75) is 19.8 Å². The summed E-state index contributed by atoms with van der Waals surface area (Å²) in [7, 11) is -3.40. The van der Waals surface area contributed by atoms with E-state index < -0.39 is 10.5 Å². The molecular formula is C27H22FN3O5S. The van der Waals surface area contributed by atoms with E-state index in [1.165, 1.54) is 12.3 Å². The monoisotopic (exact) mass is 519 g/mol. The van der Waals surface area contributed by atoms with Crippen LogP contribution in [0.1, 0.15) is 25.3 Å². The van der Waals surface area contributed by atoms with Gasteiger partial charge in [-0.05, 0) is 36.8 Å². The van der Waals surface area contributed by atoms with E-state index in [0.29, 0.717) is 51.0 Å². The minimum absolute atomic E-state index is 0.173. The van der Waals surface area contributed by atoms with Crippen LogP contribution in [-0.2, 0) is 17.6 Å². The summed E-state index contributed by atoms with van der Waals surface area (Å²) in [5.41, 5.74) is 3.45. The average Bonchev–Trinajstić information content (AvgIpc) is 3.25. The van der Waals surface area contributed by atoms with Gasteiger partial charge in [-0.15, -0.1) is 6.42 Å². The predicted octanol–water partition coefficient (Wildman–Crippen LogP) is 4.99. The molecule has 0 spiro atoms. The molecule has 37 heavy (non-hydrogen) atoms. The number of fused-ring (bicyclic) bond motifs is 4. The van der Waals surface area contributed by atoms with Crippen LogP contribution < -0.4 is 14.3 Å². The summed E-state index contributed by atoms with van der Waals surface area (Å²) in [6, 6.07) is 10.2. The molecule has 0 saturated heterocycles. The van der Waals surface area contributed by atoms with Gasteiger partial charge in [0, 0.05) is 40.8 Å². The standard InChI is InChI=1S/C27H22FN3O5S/c1-4-6-9-35-24-13-21-23(12-20(24)17-11-18(15-29-14-17)36-37(28,33)34)31(3)27-25(26(21)32)19-8-7-16(5-2)10-22(19)30-27/h2,7-8,10-15,30H,4,6,9H2,1,3H3. The van der Waals surface area contributed by atoms with E-state index >= 15 is 0 Å². The molecule has 0 aliphatic carbocycles. The minimum Gasteiger partial charge on any atom is -0.493 e. The van der Waals surface area contributed by atoms with Gasteiger partial charge in [-0.1, -0.05) is 29.2 Å². The van der Waals surface area contributed by atoms with E-state index in [1.54, 1.807) is 18.2 Å². The van der Waals surface area contributed by atoms with Crippen molar-refractivity contribution in [2.75, 3.05) is 6.61 Å². The highest BCUT2D eigenvalue weighted by atomic mass is 32.3. The Morgan fingerprint density at radius 2 is 1.97 bits per heavy atom. The maximum Gasteiger partial charge on any atom is 0.488 e. The number of aryl methyl sites for hydroxylation is 1. The first-order chi connectivity index (χ1) is 17.7. The number of terminal acetylenes is 1. The number of ether oxygens (including phenoxy) is 1. The lowest BCUT2D eigenvalue weighted by atomic mass is 10.0. The lowest BCUT2D eigenvalue weighted by molar-refractivity contribution is 0.311. The first-order valence-corrected chi connectivity index (χ1v) is 12.8. The van der Waals surface area contributed by atoms with E-state index in [4.69, 9.17) is 11.2 Å². The van der Waals surface area contributed by atoms with Crippen molar-refractivity contribution in [2.24, 2.45) is 7.05 Å². The largest absolute Gasteiger partial charge is 0.493 e. The molecule has 8 nitrogen and oxygen atoms in total. The van der Waals surface area contributed by atoms with Gasteiger partial charge in [-0.3, -0.25) is 9.78 Å². The summed E-state index contributed by atoms with van der Waals surface area (Å²) in [5.74, 6) is 2.73. The number of hydrogen-bond acceptors (Lipinski definition) is 6. The van der Waals surface area contributed by atoms with Gasteiger partial charge < -0.3 is 18.5 Å². The molecule has 0 radical (unpaired) electrons. The van der Waals surface area contributed by atoms with Gasteiger partial charge in [0.05, 0.1) is 29.1 Å². The molecule has 3 aromatic heterocycles. The molecule has 0 unspecified atom stereocenters. The molecule has 5 rings (SSSR count). The topological polar surface area (TPSA) is 103 Å². The Morgan fingerprint density at radius 3 is 2.70 bits per heavy atom. The fourth-order valence-electron chi connectivity index (χ4n) is 4.44. The van der Waals surface area contributed by atoms with Crippen LogP contribution in [-0.4, -0.2) is 29.6 Å². The molecule has 0 bridgehead atoms. The number of H-pyrrole nitrogens is 1. The molecule has 5 aromatic rings. The molecule has 0 saturated carbocycles. The summed E-state index contributed by atoms with van der Waals surface area (Å²) in [5, 5.41) is 1.74. The van der Waals surface area contributed by atoms with Crippen molar-refractivity contribution in [1.29, 1.82) is 0 Å². The maximum absolute atomic E-state index is 13.7. The summed E-state index contributed by atoms with van der Waals surface area (Å²) in [4.78, 5) is 21.0. The number of halogens is 1. The van der Waals surface area contributed by atoms with Crippen molar-refractivity contribution in [3.05, 3.63) is 64.6 Å². The summed E-state index contributed by atoms with van der Waals surface area (Å²) in [6.07, 6.45) is 9.81. The molecule has 2 aromatic carbocycles. The van der Waals surface area contributed by atoms with Crippen LogP contribution in [0, 0.1) is 12.3 Å². The summed E-state index contributed by atoms with van der Waals surface area (Å²) >= 11 is 0. The van der Waals surface area contributed by atoms with E-state index in [1.807, 2.05) is 30.7 Å². The van der Waals surface area contributed by atoms with Gasteiger partial charge in [0.2, 0.25) is 0 Å². The molecule has 0 amide bonds. The number of benzene rings is 2. The van der Waals surface area contributed by atoms with Gasteiger partial charge in [-0.25, -0.2) is 0 Å². The number of aromatic amines is 1. The summed E-state index contributed by atoms with van der Waals surface area (Å²) < 4.78 is 47.4. The van der Waals surface area contributed by atoms with Gasteiger partial charge in [-0.2, -0.15) is 8.42 Å². The van der Waals surface area contributed by atoms with Crippen LogP contribution in [0.2, 0.25) is 0 Å². The second-order valence-corrected chi connectivity index (χ2v) is 9.55. The highest BCUT2D eigenvalue weighted by Crippen LogP contribution is 2.36. The SMILES string of the molecule is C#Cc1ccc2c(c1)[nH]c1c2c(=O)c2cc(OCCCC)c(-c3cncc(OS(=O)(=O)F)c3)cc2n1C. The molecule has 188 valence electrons. The Bertz CT molecular complexity index is 1900. The number of hydrogen-bond donors (Lipinski definition) is 1. The number of unbranched alkanes of at least 4 members (excludes halogenated alkanes) is 1. The third-order valence-electron chi connectivity index (χ3n) is 6.19. The second kappa shape index (κ2) is 9.26. The number of rotatable bonds is 7. The van der Waals surface area contributed by atoms with E-state index in [2.05, 4.69) is 20.1 Å². The molecule has 0 fully saturated rings. The van der Waals surface area contributed by atoms with Crippen LogP contribution in [0.3, 0.4) is 0 Å². The van der Waals surface area contributed by atoms with E-state index in [9.17, 15) is 17.1 Å². The van der Waals surface area contributed by atoms with Gasteiger partial charge in [0.25, 0.3) is 0 Å². The van der Waals surface area contributed by atoms with E-state index in [0.717, 1.165) is 29.9 Å². The lowest BCUT2D eigenvalue weighted by Crippen LogP contribution is -2.10. The average molecular weight is 520 g/mol. The Morgan fingerprint density at radius 1 is 1.16 bits per heavy atom. The van der Waals surface area contributed by atoms with E-state index in [-0.39, 0.29) is 11.2 Å². The highest BCUT2D eigenvalue weighted by Gasteiger charge is 2.19. The van der Waals surface area contributed by atoms with Crippen LogP contribution in [0.25, 0.3) is 44.0 Å². The Hall–Kier alpha value is -4.36. The van der Waals surface area contributed by atoms with Crippen molar-refractivity contribution in [1.82, 2.24) is 14.5 Å². The van der Waals surface area contributed by atoms with Crippen molar-refractivity contribution in [3.8, 4) is 35.0 Å². The van der Waals surface area contributed by atoms with Gasteiger partial charge in [0.15, 0.2) is 11.2 Å². The number of aromatic nitrogens is 3. The van der Waals surface area contributed by atoms with Crippen LogP contribution in [0.4, 0.5) is 3.89 Å². The van der Waals surface area contributed by atoms with Crippen molar-refractivity contribution in [3.63, 3.8) is 0 Å². The van der Waals surface area contributed by atoms with Crippen molar-refractivity contribution >= 4 is 43.3 Å². The Kier molecular flexibility index (Phi) is 6.09. The third-order valence-corrected chi connectivity index (χ3v) is 6.58. The zero-order valence-electron chi connectivity index (χ0n) is 20.0. The normalized spacial score (nSPS) is 11.7. The molecular weight excluding hydrogens is 497 g/mol.